The van der Waals surface area contributed by atoms with Gasteiger partial charge in [0.05, 0.1) is 6.54 Å². The summed E-state index contributed by atoms with van der Waals surface area (Å²) in [6, 6.07) is 3.68. The summed E-state index contributed by atoms with van der Waals surface area (Å²) < 4.78 is 26.6. The molecular weight excluding hydrogens is 316 g/mol. The molecule has 0 bridgehead atoms. The van der Waals surface area contributed by atoms with Crippen molar-refractivity contribution in [3.8, 4) is 6.07 Å². The van der Waals surface area contributed by atoms with E-state index in [9.17, 15) is 8.78 Å². The van der Waals surface area contributed by atoms with Crippen LogP contribution in [0.5, 0.6) is 0 Å². The number of halogens is 2. The number of piperazine rings is 1. The fourth-order valence-corrected chi connectivity index (χ4v) is 2.70. The van der Waals surface area contributed by atoms with Gasteiger partial charge < -0.3 is 4.90 Å². The number of nitriles is 1. The fraction of sp³-hybridized carbons (Fsp3) is 0.467. The Morgan fingerprint density at radius 2 is 2.00 bits per heavy atom. The first-order valence-corrected chi connectivity index (χ1v) is 7.60. The molecule has 9 heteroatoms. The van der Waals surface area contributed by atoms with Crippen LogP contribution in [-0.2, 0) is 6.54 Å². The molecule has 0 spiro atoms. The van der Waals surface area contributed by atoms with Crippen LogP contribution in [0.1, 0.15) is 23.8 Å². The Morgan fingerprint density at radius 3 is 2.67 bits per heavy atom. The van der Waals surface area contributed by atoms with Gasteiger partial charge in [0.15, 0.2) is 0 Å². The highest BCUT2D eigenvalue weighted by Gasteiger charge is 2.22. The second-order valence-corrected chi connectivity index (χ2v) is 5.60. The van der Waals surface area contributed by atoms with E-state index in [4.69, 9.17) is 5.26 Å². The Balaban J connectivity index is 1.63. The Kier molecular flexibility index (Phi) is 4.66. The average molecular weight is 333 g/mol. The van der Waals surface area contributed by atoms with Crippen LogP contribution < -0.4 is 4.90 Å². The van der Waals surface area contributed by atoms with Gasteiger partial charge in [-0.3, -0.25) is 9.47 Å². The molecule has 3 rings (SSSR count). The lowest BCUT2D eigenvalue weighted by Crippen LogP contribution is -2.47. The number of aryl methyl sites for hydroxylation is 1. The number of hydrogen-bond donors (Lipinski definition) is 0. The van der Waals surface area contributed by atoms with E-state index >= 15 is 0 Å². The van der Waals surface area contributed by atoms with Crippen molar-refractivity contribution in [3.63, 3.8) is 0 Å². The number of rotatable bonds is 4. The minimum absolute atomic E-state index is 0.346. The number of nitrogens with zero attached hydrogens (tertiary/aromatic N) is 7. The second-order valence-electron chi connectivity index (χ2n) is 5.60. The largest absolute Gasteiger partial charge is 0.338 e. The van der Waals surface area contributed by atoms with Crippen LogP contribution in [0, 0.1) is 18.3 Å². The normalized spacial score (nSPS) is 15.7. The lowest BCUT2D eigenvalue weighted by Gasteiger charge is -2.34. The van der Waals surface area contributed by atoms with Gasteiger partial charge in [0, 0.05) is 44.3 Å². The van der Waals surface area contributed by atoms with E-state index in [0.717, 1.165) is 10.3 Å². The van der Waals surface area contributed by atoms with E-state index in [-0.39, 0.29) is 0 Å². The van der Waals surface area contributed by atoms with Gasteiger partial charge in [-0.05, 0) is 13.0 Å². The molecule has 2 aromatic rings. The third kappa shape index (κ3) is 3.49. The van der Waals surface area contributed by atoms with Gasteiger partial charge >= 0.3 is 6.55 Å². The summed E-state index contributed by atoms with van der Waals surface area (Å²) in [6.45, 7) is 2.35. The first kappa shape index (κ1) is 16.3. The predicted molar refractivity (Wildman–Crippen MR) is 82.5 cm³/mol. The van der Waals surface area contributed by atoms with Crippen LogP contribution in [0.2, 0.25) is 0 Å². The summed E-state index contributed by atoms with van der Waals surface area (Å²) in [5, 5.41) is 9.00. The number of alkyl halides is 2. The molecule has 0 unspecified atom stereocenters. The van der Waals surface area contributed by atoms with Crippen LogP contribution in [0.3, 0.4) is 0 Å². The minimum Gasteiger partial charge on any atom is -0.338 e. The lowest BCUT2D eigenvalue weighted by atomic mass is 10.3. The van der Waals surface area contributed by atoms with E-state index in [1.165, 1.54) is 12.4 Å². The highest BCUT2D eigenvalue weighted by Crippen LogP contribution is 2.17. The zero-order valence-corrected chi connectivity index (χ0v) is 13.2. The standard InChI is InChI=1S/C15H17F2N7/c1-11-8-12(9-18)21-15(20-11)23-6-4-22(5-7-23)10-13-19-2-3-24(13)14(16)17/h2-3,8,14H,4-7,10H2,1H3. The maximum Gasteiger partial charge on any atom is 0.319 e. The Bertz CT molecular complexity index is 745. The van der Waals surface area contributed by atoms with E-state index < -0.39 is 6.55 Å². The molecule has 0 N–H and O–H groups in total. The zero-order valence-electron chi connectivity index (χ0n) is 13.2. The van der Waals surface area contributed by atoms with Crippen molar-refractivity contribution < 1.29 is 8.78 Å². The third-order valence-corrected chi connectivity index (χ3v) is 3.94. The lowest BCUT2D eigenvalue weighted by molar-refractivity contribution is 0.0636. The molecule has 0 aromatic carbocycles. The molecule has 0 atom stereocenters. The fourth-order valence-electron chi connectivity index (χ4n) is 2.70. The molecule has 7 nitrogen and oxygen atoms in total. The summed E-state index contributed by atoms with van der Waals surface area (Å²) in [6.07, 6.45) is 2.68. The number of hydrogen-bond acceptors (Lipinski definition) is 6. The van der Waals surface area contributed by atoms with E-state index in [2.05, 4.69) is 19.9 Å². The average Bonchev–Trinajstić information content (AvgIpc) is 3.03. The van der Waals surface area contributed by atoms with Crippen molar-refractivity contribution in [2.45, 2.75) is 20.0 Å². The molecule has 1 aliphatic rings. The van der Waals surface area contributed by atoms with Gasteiger partial charge in [0.25, 0.3) is 0 Å². The molecule has 1 fully saturated rings. The summed E-state index contributed by atoms with van der Waals surface area (Å²) in [5.74, 6) is 0.900. The SMILES string of the molecule is Cc1cc(C#N)nc(N2CCN(Cc3nccn3C(F)F)CC2)n1. The monoisotopic (exact) mass is 333 g/mol. The topological polar surface area (TPSA) is 73.9 Å². The Labute approximate surface area is 138 Å². The first-order chi connectivity index (χ1) is 11.6. The number of aromatic nitrogens is 4. The first-order valence-electron chi connectivity index (χ1n) is 7.60. The second kappa shape index (κ2) is 6.88. The molecular formula is C15H17F2N7. The van der Waals surface area contributed by atoms with Gasteiger partial charge in [-0.2, -0.15) is 14.0 Å². The summed E-state index contributed by atoms with van der Waals surface area (Å²) >= 11 is 0. The minimum atomic E-state index is -2.58. The van der Waals surface area contributed by atoms with Crippen LogP contribution in [0.15, 0.2) is 18.5 Å². The van der Waals surface area contributed by atoms with Gasteiger partial charge in [-0.25, -0.2) is 15.0 Å². The van der Waals surface area contributed by atoms with Crippen molar-refractivity contribution in [3.05, 3.63) is 35.7 Å². The molecule has 1 saturated heterocycles. The molecule has 0 saturated carbocycles. The maximum atomic E-state index is 12.9. The zero-order chi connectivity index (χ0) is 17.1. The summed E-state index contributed by atoms with van der Waals surface area (Å²) in [4.78, 5) is 16.7. The van der Waals surface area contributed by atoms with Crippen LogP contribution >= 0.6 is 0 Å². The van der Waals surface area contributed by atoms with Gasteiger partial charge in [-0.1, -0.05) is 0 Å². The quantitative estimate of drug-likeness (QED) is 0.845. The third-order valence-electron chi connectivity index (χ3n) is 3.94. The molecule has 0 radical (unpaired) electrons. The van der Waals surface area contributed by atoms with Gasteiger partial charge in [0.2, 0.25) is 5.95 Å². The molecule has 1 aliphatic heterocycles. The molecule has 126 valence electrons. The van der Waals surface area contributed by atoms with E-state index in [0.29, 0.717) is 50.2 Å². The van der Waals surface area contributed by atoms with Gasteiger partial charge in [-0.15, -0.1) is 0 Å². The highest BCUT2D eigenvalue weighted by atomic mass is 19.3. The predicted octanol–water partition coefficient (Wildman–Crippen LogP) is 1.57. The maximum absolute atomic E-state index is 12.9. The van der Waals surface area contributed by atoms with E-state index in [1.54, 1.807) is 6.07 Å². The van der Waals surface area contributed by atoms with Crippen LogP contribution in [0.25, 0.3) is 0 Å². The Hall–Kier alpha value is -2.60. The van der Waals surface area contributed by atoms with E-state index in [1.807, 2.05) is 17.9 Å². The van der Waals surface area contributed by atoms with Crippen molar-refractivity contribution in [2.24, 2.45) is 0 Å². The van der Waals surface area contributed by atoms with Crippen molar-refractivity contribution in [2.75, 3.05) is 31.1 Å². The van der Waals surface area contributed by atoms with Crippen molar-refractivity contribution in [1.82, 2.24) is 24.4 Å². The number of anilines is 1. The van der Waals surface area contributed by atoms with Crippen molar-refractivity contribution >= 4 is 5.95 Å². The molecule has 0 amide bonds. The van der Waals surface area contributed by atoms with Crippen LogP contribution in [-0.4, -0.2) is 50.6 Å². The van der Waals surface area contributed by atoms with Gasteiger partial charge in [0.1, 0.15) is 17.6 Å². The van der Waals surface area contributed by atoms with Crippen LogP contribution in [0.4, 0.5) is 14.7 Å². The molecule has 3 heterocycles. The van der Waals surface area contributed by atoms with Crippen molar-refractivity contribution in [1.29, 1.82) is 5.26 Å². The highest BCUT2D eigenvalue weighted by molar-refractivity contribution is 5.36. The summed E-state index contributed by atoms with van der Waals surface area (Å²) in [7, 11) is 0. The summed E-state index contributed by atoms with van der Waals surface area (Å²) in [5.41, 5.74) is 1.09. The molecule has 0 aliphatic carbocycles. The smallest absolute Gasteiger partial charge is 0.319 e. The number of imidazole rings is 1. The molecule has 2 aromatic heterocycles. The Morgan fingerprint density at radius 1 is 1.25 bits per heavy atom. The molecule has 24 heavy (non-hydrogen) atoms.